The van der Waals surface area contributed by atoms with E-state index in [2.05, 4.69) is 5.32 Å². The van der Waals surface area contributed by atoms with Gasteiger partial charge in [0.15, 0.2) is 0 Å². The molecule has 1 N–H and O–H groups in total. The van der Waals surface area contributed by atoms with Crippen LogP contribution in [0.4, 0.5) is 4.39 Å². The van der Waals surface area contributed by atoms with Crippen LogP contribution in [0.5, 0.6) is 0 Å². The van der Waals surface area contributed by atoms with E-state index < -0.39 is 15.4 Å². The number of amides is 1. The fourth-order valence-electron chi connectivity index (χ4n) is 4.08. The van der Waals surface area contributed by atoms with Crippen LogP contribution < -0.4 is 5.32 Å². The maximum absolute atomic E-state index is 13.3. The average molecular weight is 368 g/mol. The third-order valence-corrected chi connectivity index (χ3v) is 6.75. The van der Waals surface area contributed by atoms with Crippen molar-refractivity contribution in [3.05, 3.63) is 35.6 Å². The van der Waals surface area contributed by atoms with E-state index in [9.17, 15) is 17.6 Å². The molecule has 1 aromatic rings. The van der Waals surface area contributed by atoms with E-state index in [-0.39, 0.29) is 17.8 Å². The summed E-state index contributed by atoms with van der Waals surface area (Å²) in [5, 5.41) is 3.08. The van der Waals surface area contributed by atoms with Crippen molar-refractivity contribution in [2.45, 2.75) is 50.0 Å². The maximum Gasteiger partial charge on any atom is 0.230 e. The molecule has 1 saturated carbocycles. The molecule has 0 radical (unpaired) electrons. The molecule has 0 aromatic heterocycles. The van der Waals surface area contributed by atoms with Crippen LogP contribution in [-0.4, -0.2) is 44.0 Å². The molecule has 1 aromatic carbocycles. The van der Waals surface area contributed by atoms with Crippen molar-refractivity contribution in [2.75, 3.05) is 19.3 Å². The number of hydrogen-bond acceptors (Lipinski definition) is 3. The van der Waals surface area contributed by atoms with E-state index in [0.29, 0.717) is 13.1 Å². The molecule has 1 atom stereocenters. The largest absolute Gasteiger partial charge is 0.351 e. The number of piperidine rings is 1. The highest BCUT2D eigenvalue weighted by Crippen LogP contribution is 2.41. The van der Waals surface area contributed by atoms with Crippen LogP contribution >= 0.6 is 0 Å². The fraction of sp³-hybridized carbons (Fsp3) is 0.611. The highest BCUT2D eigenvalue weighted by molar-refractivity contribution is 7.88. The Bertz CT molecular complexity index is 727. The topological polar surface area (TPSA) is 66.5 Å². The highest BCUT2D eigenvalue weighted by Gasteiger charge is 2.43. The average Bonchev–Trinajstić information content (AvgIpc) is 3.06. The Kier molecular flexibility index (Phi) is 5.16. The van der Waals surface area contributed by atoms with E-state index in [4.69, 9.17) is 0 Å². The molecular formula is C18H25FN2O3S. The number of carbonyl (C=O) groups is 1. The molecule has 7 heteroatoms. The summed E-state index contributed by atoms with van der Waals surface area (Å²) >= 11 is 0. The number of halogens is 1. The lowest BCUT2D eigenvalue weighted by molar-refractivity contribution is -0.127. The lowest BCUT2D eigenvalue weighted by Crippen LogP contribution is -2.53. The lowest BCUT2D eigenvalue weighted by Gasteiger charge is -2.35. The summed E-state index contributed by atoms with van der Waals surface area (Å²) in [5.74, 6) is -0.370. The van der Waals surface area contributed by atoms with Crippen LogP contribution in [0.15, 0.2) is 24.3 Å². The number of rotatable bonds is 4. The molecule has 1 amide bonds. The Morgan fingerprint density at radius 3 is 2.44 bits per heavy atom. The second-order valence-corrected chi connectivity index (χ2v) is 9.21. The van der Waals surface area contributed by atoms with Gasteiger partial charge in [0.25, 0.3) is 0 Å². The normalized spacial score (nSPS) is 24.2. The van der Waals surface area contributed by atoms with Crippen LogP contribution in [-0.2, 0) is 20.2 Å². The minimum absolute atomic E-state index is 0.0584. The zero-order valence-corrected chi connectivity index (χ0v) is 15.3. The number of carbonyl (C=O) groups excluding carboxylic acids is 1. The quantitative estimate of drug-likeness (QED) is 0.886. The second-order valence-electron chi connectivity index (χ2n) is 7.23. The summed E-state index contributed by atoms with van der Waals surface area (Å²) in [6.07, 6.45) is 6.13. The van der Waals surface area contributed by atoms with Gasteiger partial charge in [-0.2, -0.15) is 0 Å². The molecule has 25 heavy (non-hydrogen) atoms. The van der Waals surface area contributed by atoms with Gasteiger partial charge >= 0.3 is 0 Å². The van der Waals surface area contributed by atoms with Gasteiger partial charge in [-0.3, -0.25) is 4.79 Å². The molecule has 0 spiro atoms. The van der Waals surface area contributed by atoms with Crippen LogP contribution in [0.3, 0.4) is 0 Å². The summed E-state index contributed by atoms with van der Waals surface area (Å²) in [5.41, 5.74) is 0.223. The Hall–Kier alpha value is -1.47. The van der Waals surface area contributed by atoms with Crippen LogP contribution in [0, 0.1) is 5.82 Å². The zero-order valence-electron chi connectivity index (χ0n) is 14.5. The van der Waals surface area contributed by atoms with Gasteiger partial charge in [-0.1, -0.05) is 25.0 Å². The summed E-state index contributed by atoms with van der Waals surface area (Å²) in [7, 11) is -3.25. The van der Waals surface area contributed by atoms with Crippen molar-refractivity contribution in [3.8, 4) is 0 Å². The summed E-state index contributed by atoms with van der Waals surface area (Å²) in [4.78, 5) is 13.1. The molecule has 5 nitrogen and oxygen atoms in total. The molecule has 0 unspecified atom stereocenters. The third-order valence-electron chi connectivity index (χ3n) is 5.48. The molecule has 1 aliphatic heterocycles. The number of hydrogen-bond donors (Lipinski definition) is 1. The zero-order chi connectivity index (χ0) is 18.1. The summed E-state index contributed by atoms with van der Waals surface area (Å²) < 4.78 is 38.2. The van der Waals surface area contributed by atoms with E-state index in [1.165, 1.54) is 22.7 Å². The number of sulfonamides is 1. The predicted octanol–water partition coefficient (Wildman–Crippen LogP) is 2.18. The first-order chi connectivity index (χ1) is 11.8. The Balaban J connectivity index is 1.77. The van der Waals surface area contributed by atoms with Gasteiger partial charge in [0.2, 0.25) is 15.9 Å². The summed E-state index contributed by atoms with van der Waals surface area (Å²) in [6, 6.07) is 6.02. The van der Waals surface area contributed by atoms with Crippen molar-refractivity contribution in [2.24, 2.45) is 0 Å². The van der Waals surface area contributed by atoms with E-state index >= 15 is 0 Å². The van der Waals surface area contributed by atoms with E-state index in [1.807, 2.05) is 0 Å². The minimum atomic E-state index is -3.25. The molecule has 1 heterocycles. The van der Waals surface area contributed by atoms with Crippen LogP contribution in [0.25, 0.3) is 0 Å². The van der Waals surface area contributed by atoms with Crippen molar-refractivity contribution in [1.29, 1.82) is 0 Å². The first-order valence-corrected chi connectivity index (χ1v) is 10.7. The monoisotopic (exact) mass is 368 g/mol. The SMILES string of the molecule is CS(=O)(=O)N1CCC[C@H](NC(=O)C2(c3ccc(F)cc3)CCCC2)C1. The Morgan fingerprint density at radius 1 is 1.20 bits per heavy atom. The van der Waals surface area contributed by atoms with Crippen LogP contribution in [0.1, 0.15) is 44.1 Å². The first kappa shape index (κ1) is 18.3. The van der Waals surface area contributed by atoms with Gasteiger partial charge in [0, 0.05) is 19.1 Å². The Morgan fingerprint density at radius 2 is 1.84 bits per heavy atom. The first-order valence-electron chi connectivity index (χ1n) is 8.83. The second kappa shape index (κ2) is 7.03. The standard InChI is InChI=1S/C18H25FN2O3S/c1-25(23,24)21-12-4-5-16(13-21)20-17(22)18(10-2-3-11-18)14-6-8-15(19)9-7-14/h6-9,16H,2-5,10-13H2,1H3,(H,20,22)/t16-/m0/s1. The molecule has 0 bridgehead atoms. The molecule has 1 aliphatic carbocycles. The molecule has 2 fully saturated rings. The Labute approximate surface area is 148 Å². The lowest BCUT2D eigenvalue weighted by atomic mass is 9.77. The highest BCUT2D eigenvalue weighted by atomic mass is 32.2. The van der Waals surface area contributed by atoms with Gasteiger partial charge in [-0.25, -0.2) is 17.1 Å². The van der Waals surface area contributed by atoms with Gasteiger partial charge < -0.3 is 5.32 Å². The van der Waals surface area contributed by atoms with E-state index in [0.717, 1.165) is 44.1 Å². The number of nitrogens with one attached hydrogen (secondary N) is 1. The van der Waals surface area contributed by atoms with Gasteiger partial charge in [-0.15, -0.1) is 0 Å². The van der Waals surface area contributed by atoms with Crippen LogP contribution in [0.2, 0.25) is 0 Å². The van der Waals surface area contributed by atoms with Gasteiger partial charge in [0.1, 0.15) is 5.82 Å². The van der Waals surface area contributed by atoms with Crippen molar-refractivity contribution >= 4 is 15.9 Å². The predicted molar refractivity (Wildman–Crippen MR) is 94.1 cm³/mol. The maximum atomic E-state index is 13.3. The number of nitrogens with zero attached hydrogens (tertiary/aromatic N) is 1. The van der Waals surface area contributed by atoms with Gasteiger partial charge in [0.05, 0.1) is 11.7 Å². The third kappa shape index (κ3) is 3.87. The molecule has 1 saturated heterocycles. The van der Waals surface area contributed by atoms with Crippen molar-refractivity contribution < 1.29 is 17.6 Å². The summed E-state index contributed by atoms with van der Waals surface area (Å²) in [6.45, 7) is 0.832. The molecule has 3 rings (SSSR count). The smallest absolute Gasteiger partial charge is 0.230 e. The van der Waals surface area contributed by atoms with Crippen molar-refractivity contribution in [3.63, 3.8) is 0 Å². The van der Waals surface area contributed by atoms with E-state index in [1.54, 1.807) is 12.1 Å². The number of benzene rings is 1. The minimum Gasteiger partial charge on any atom is -0.351 e. The molecule has 138 valence electrons. The molecule has 2 aliphatic rings. The fourth-order valence-corrected chi connectivity index (χ4v) is 4.99. The molecular weight excluding hydrogens is 343 g/mol. The van der Waals surface area contributed by atoms with Crippen molar-refractivity contribution in [1.82, 2.24) is 9.62 Å². The van der Waals surface area contributed by atoms with Gasteiger partial charge in [-0.05, 0) is 43.4 Å².